The molecule has 1 aromatic rings. The van der Waals surface area contributed by atoms with Crippen molar-refractivity contribution in [1.82, 2.24) is 14.5 Å². The Balaban J connectivity index is 1.91. The molecule has 1 N–H and O–H groups in total. The maximum absolute atomic E-state index is 5.53. The van der Waals surface area contributed by atoms with Gasteiger partial charge in [-0.05, 0) is 50.9 Å². The van der Waals surface area contributed by atoms with Crippen molar-refractivity contribution in [1.29, 1.82) is 0 Å². The second-order valence-electron chi connectivity index (χ2n) is 6.57. The van der Waals surface area contributed by atoms with Crippen molar-refractivity contribution in [3.05, 3.63) is 16.7 Å². The van der Waals surface area contributed by atoms with Gasteiger partial charge in [0.2, 0.25) is 0 Å². The lowest BCUT2D eigenvalue weighted by Gasteiger charge is -2.47. The van der Waals surface area contributed by atoms with Crippen LogP contribution >= 0.6 is 12.2 Å². The molecule has 2 aliphatic heterocycles. The fraction of sp³-hybridized carbons (Fsp3) is 0.800. The third-order valence-electron chi connectivity index (χ3n) is 5.11. The van der Waals surface area contributed by atoms with E-state index in [2.05, 4.69) is 41.5 Å². The molecule has 1 aromatic heterocycles. The summed E-state index contributed by atoms with van der Waals surface area (Å²) in [4.78, 5) is 5.87. The number of hydrogen-bond donors (Lipinski definition) is 1. The molecule has 2 fully saturated rings. The second-order valence-corrected chi connectivity index (χ2v) is 6.96. The zero-order valence-corrected chi connectivity index (χ0v) is 13.0. The van der Waals surface area contributed by atoms with Gasteiger partial charge in [0.05, 0.1) is 0 Å². The minimum Gasteiger partial charge on any atom is -0.337 e. The molecule has 3 rings (SSSR count). The van der Waals surface area contributed by atoms with E-state index in [1.54, 1.807) is 0 Å². The number of H-pyrrole nitrogens is 1. The molecular weight excluding hydrogens is 254 g/mol. The van der Waals surface area contributed by atoms with Crippen LogP contribution in [-0.2, 0) is 0 Å². The number of aromatic nitrogens is 2. The van der Waals surface area contributed by atoms with Crippen molar-refractivity contribution >= 4 is 12.2 Å². The van der Waals surface area contributed by atoms with Crippen molar-refractivity contribution in [2.24, 2.45) is 0 Å². The molecule has 0 saturated carbocycles. The molecule has 4 heteroatoms. The van der Waals surface area contributed by atoms with Gasteiger partial charge in [0.1, 0.15) is 0 Å². The summed E-state index contributed by atoms with van der Waals surface area (Å²) >= 11 is 5.53. The van der Waals surface area contributed by atoms with Gasteiger partial charge in [-0.1, -0.05) is 20.3 Å². The molecule has 0 aliphatic carbocycles. The highest BCUT2D eigenvalue weighted by molar-refractivity contribution is 7.71. The van der Waals surface area contributed by atoms with Crippen molar-refractivity contribution in [3.8, 4) is 0 Å². The average molecular weight is 279 g/mol. The number of hydrogen-bond acceptors (Lipinski definition) is 2. The van der Waals surface area contributed by atoms with Crippen LogP contribution in [-0.4, -0.2) is 33.6 Å². The number of aromatic amines is 1. The molecule has 2 bridgehead atoms. The Labute approximate surface area is 121 Å². The van der Waals surface area contributed by atoms with Crippen molar-refractivity contribution in [3.63, 3.8) is 0 Å². The van der Waals surface area contributed by atoms with Gasteiger partial charge in [-0.3, -0.25) is 0 Å². The van der Waals surface area contributed by atoms with Crippen LogP contribution in [0.4, 0.5) is 0 Å². The molecule has 0 amide bonds. The standard InChI is InChI=1S/C15H25N3S/c1-10(2)14-9-16-15(19)18(14)13-7-11-5-4-6-12(8-13)17(11)3/h9-13H,4-8H2,1-3H3,(H,16,19). The predicted octanol–water partition coefficient (Wildman–Crippen LogP) is 3.86. The van der Waals surface area contributed by atoms with Crippen LogP contribution in [0.25, 0.3) is 0 Å². The highest BCUT2D eigenvalue weighted by Gasteiger charge is 2.37. The van der Waals surface area contributed by atoms with Gasteiger partial charge in [0, 0.05) is 30.0 Å². The quantitative estimate of drug-likeness (QED) is 0.831. The molecule has 2 aliphatic rings. The summed E-state index contributed by atoms with van der Waals surface area (Å²) in [5.74, 6) is 0.535. The van der Waals surface area contributed by atoms with E-state index in [1.165, 1.54) is 37.8 Å². The average Bonchev–Trinajstić information content (AvgIpc) is 2.71. The SMILES string of the molecule is CC(C)c1c[nH]c(=S)n1C1CC2CCCC(C1)N2C. The molecule has 2 atom stereocenters. The molecule has 19 heavy (non-hydrogen) atoms. The summed E-state index contributed by atoms with van der Waals surface area (Å²) in [6, 6.07) is 2.12. The predicted molar refractivity (Wildman–Crippen MR) is 81.2 cm³/mol. The summed E-state index contributed by atoms with van der Waals surface area (Å²) in [6.45, 7) is 4.51. The first-order valence-electron chi connectivity index (χ1n) is 7.59. The second kappa shape index (κ2) is 5.06. The molecule has 0 radical (unpaired) electrons. The number of imidazole rings is 1. The maximum Gasteiger partial charge on any atom is 0.177 e. The Morgan fingerprint density at radius 3 is 2.42 bits per heavy atom. The molecule has 3 heterocycles. The molecule has 0 aromatic carbocycles. The van der Waals surface area contributed by atoms with E-state index in [9.17, 15) is 0 Å². The minimum absolute atomic E-state index is 0.535. The van der Waals surface area contributed by atoms with Crippen molar-refractivity contribution in [2.45, 2.75) is 70.0 Å². The Morgan fingerprint density at radius 2 is 1.84 bits per heavy atom. The van der Waals surface area contributed by atoms with E-state index in [-0.39, 0.29) is 0 Å². The molecule has 2 saturated heterocycles. The fourth-order valence-electron chi connectivity index (χ4n) is 4.01. The number of nitrogens with one attached hydrogen (secondary N) is 1. The Bertz CT molecular complexity index is 488. The Hall–Kier alpha value is -0.610. The summed E-state index contributed by atoms with van der Waals surface area (Å²) in [7, 11) is 2.31. The highest BCUT2D eigenvalue weighted by atomic mass is 32.1. The number of fused-ring (bicyclic) bond motifs is 2. The van der Waals surface area contributed by atoms with Crippen LogP contribution < -0.4 is 0 Å². The molecule has 3 nitrogen and oxygen atoms in total. The molecule has 106 valence electrons. The van der Waals surface area contributed by atoms with Gasteiger partial charge in [-0.25, -0.2) is 0 Å². The Morgan fingerprint density at radius 1 is 1.21 bits per heavy atom. The lowest BCUT2D eigenvalue weighted by atomic mass is 9.82. The largest absolute Gasteiger partial charge is 0.337 e. The normalized spacial score (nSPS) is 31.9. The van der Waals surface area contributed by atoms with E-state index >= 15 is 0 Å². The first-order chi connectivity index (χ1) is 9.08. The van der Waals surface area contributed by atoms with E-state index in [0.717, 1.165) is 16.9 Å². The van der Waals surface area contributed by atoms with Gasteiger partial charge in [-0.15, -0.1) is 0 Å². The van der Waals surface area contributed by atoms with Crippen LogP contribution in [0, 0.1) is 4.77 Å². The van der Waals surface area contributed by atoms with E-state index in [0.29, 0.717) is 12.0 Å². The summed E-state index contributed by atoms with van der Waals surface area (Å²) < 4.78 is 3.33. The first-order valence-corrected chi connectivity index (χ1v) is 8.00. The van der Waals surface area contributed by atoms with Crippen LogP contribution in [0.5, 0.6) is 0 Å². The van der Waals surface area contributed by atoms with Crippen molar-refractivity contribution in [2.75, 3.05) is 7.05 Å². The van der Waals surface area contributed by atoms with Gasteiger partial charge < -0.3 is 14.5 Å². The number of piperidine rings is 2. The minimum atomic E-state index is 0.535. The van der Waals surface area contributed by atoms with Gasteiger partial charge >= 0.3 is 0 Å². The lowest BCUT2D eigenvalue weighted by molar-refractivity contribution is 0.0389. The topological polar surface area (TPSA) is 24.0 Å². The number of nitrogens with zero attached hydrogens (tertiary/aromatic N) is 2. The van der Waals surface area contributed by atoms with E-state index < -0.39 is 0 Å². The third-order valence-corrected chi connectivity index (χ3v) is 5.43. The molecular formula is C15H25N3S. The van der Waals surface area contributed by atoms with E-state index in [1.807, 2.05) is 0 Å². The molecule has 0 spiro atoms. The summed E-state index contributed by atoms with van der Waals surface area (Å²) in [5.41, 5.74) is 1.37. The fourth-order valence-corrected chi connectivity index (χ4v) is 4.32. The van der Waals surface area contributed by atoms with Gasteiger partial charge in [-0.2, -0.15) is 0 Å². The maximum atomic E-state index is 5.53. The zero-order valence-electron chi connectivity index (χ0n) is 12.2. The van der Waals surface area contributed by atoms with E-state index in [4.69, 9.17) is 12.2 Å². The van der Waals surface area contributed by atoms with Gasteiger partial charge in [0.15, 0.2) is 4.77 Å². The summed E-state index contributed by atoms with van der Waals surface area (Å²) in [6.07, 6.45) is 8.76. The lowest BCUT2D eigenvalue weighted by Crippen LogP contribution is -2.50. The third kappa shape index (κ3) is 2.29. The van der Waals surface area contributed by atoms with Crippen LogP contribution in [0.3, 0.4) is 0 Å². The van der Waals surface area contributed by atoms with Crippen LogP contribution in [0.2, 0.25) is 0 Å². The summed E-state index contributed by atoms with van der Waals surface area (Å²) in [5, 5.41) is 0. The first kappa shape index (κ1) is 13.4. The molecule has 2 unspecified atom stereocenters. The Kier molecular flexibility index (Phi) is 3.56. The number of rotatable bonds is 2. The highest BCUT2D eigenvalue weighted by Crippen LogP contribution is 2.39. The van der Waals surface area contributed by atoms with Crippen LogP contribution in [0.15, 0.2) is 6.20 Å². The smallest absolute Gasteiger partial charge is 0.177 e. The van der Waals surface area contributed by atoms with Gasteiger partial charge in [0.25, 0.3) is 0 Å². The monoisotopic (exact) mass is 279 g/mol. The zero-order chi connectivity index (χ0) is 13.6. The van der Waals surface area contributed by atoms with Crippen LogP contribution in [0.1, 0.15) is 63.6 Å². The van der Waals surface area contributed by atoms with Crippen molar-refractivity contribution < 1.29 is 0 Å².